The number of nitrogens with one attached hydrogen (secondary N) is 1. The highest BCUT2D eigenvalue weighted by Crippen LogP contribution is 2.22. The number of carbonyl (C=O) groups excluding carboxylic acids is 1. The average Bonchev–Trinajstić information content (AvgIpc) is 2.39. The maximum absolute atomic E-state index is 12.1. The van der Waals surface area contributed by atoms with E-state index >= 15 is 0 Å². The third-order valence-corrected chi connectivity index (χ3v) is 2.83. The van der Waals surface area contributed by atoms with E-state index in [1.165, 1.54) is 18.2 Å². The second kappa shape index (κ2) is 7.44. The van der Waals surface area contributed by atoms with Crippen molar-refractivity contribution in [3.05, 3.63) is 33.9 Å². The van der Waals surface area contributed by atoms with Gasteiger partial charge in [-0.1, -0.05) is 13.3 Å². The molecule has 1 aromatic rings. The van der Waals surface area contributed by atoms with Crippen LogP contribution in [0.5, 0.6) is 0 Å². The second-order valence-corrected chi connectivity index (χ2v) is 4.45. The van der Waals surface area contributed by atoms with Crippen LogP contribution in [0, 0.1) is 10.1 Å². The minimum atomic E-state index is -0.606. The van der Waals surface area contributed by atoms with Crippen molar-refractivity contribution >= 4 is 17.3 Å². The molecule has 0 aliphatic rings. The molecule has 0 aliphatic heterocycles. The number of nitrogens with two attached hydrogens (primary N) is 1. The standard InChI is InChI=1S/C13H19N3O4/c1-3-4-10(8-20-2)15-13(17)9-5-6-11(14)12(7-9)16(18)19/h5-7,10H,3-4,8,14H2,1-2H3,(H,15,17). The van der Waals surface area contributed by atoms with E-state index in [4.69, 9.17) is 10.5 Å². The number of hydrogen-bond acceptors (Lipinski definition) is 5. The number of nitrogen functional groups attached to an aromatic ring is 1. The van der Waals surface area contributed by atoms with Crippen LogP contribution in [0.25, 0.3) is 0 Å². The van der Waals surface area contributed by atoms with Crippen molar-refractivity contribution in [1.82, 2.24) is 5.32 Å². The highest BCUT2D eigenvalue weighted by molar-refractivity contribution is 5.95. The zero-order chi connectivity index (χ0) is 15.1. The smallest absolute Gasteiger partial charge is 0.292 e. The number of hydrogen-bond donors (Lipinski definition) is 2. The first-order valence-electron chi connectivity index (χ1n) is 6.33. The van der Waals surface area contributed by atoms with Gasteiger partial charge in [0.1, 0.15) is 5.69 Å². The Kier molecular flexibility index (Phi) is 5.92. The van der Waals surface area contributed by atoms with Crippen LogP contribution in [0.3, 0.4) is 0 Å². The monoisotopic (exact) mass is 281 g/mol. The molecule has 0 bridgehead atoms. The summed E-state index contributed by atoms with van der Waals surface area (Å²) in [4.78, 5) is 22.3. The van der Waals surface area contributed by atoms with Crippen molar-refractivity contribution in [1.29, 1.82) is 0 Å². The molecule has 0 spiro atoms. The molecule has 0 aromatic heterocycles. The molecule has 0 radical (unpaired) electrons. The highest BCUT2D eigenvalue weighted by Gasteiger charge is 2.18. The van der Waals surface area contributed by atoms with Gasteiger partial charge in [0, 0.05) is 18.7 Å². The molecule has 110 valence electrons. The molecule has 0 heterocycles. The molecule has 1 unspecified atom stereocenters. The Hall–Kier alpha value is -2.15. The predicted octanol–water partition coefficient (Wildman–Crippen LogP) is 1.72. The first-order chi connectivity index (χ1) is 9.49. The largest absolute Gasteiger partial charge is 0.393 e. The van der Waals surface area contributed by atoms with E-state index in [-0.39, 0.29) is 28.9 Å². The molecule has 3 N–H and O–H groups in total. The summed E-state index contributed by atoms with van der Waals surface area (Å²) in [5, 5.41) is 13.6. The lowest BCUT2D eigenvalue weighted by Gasteiger charge is -2.17. The SMILES string of the molecule is CCCC(COC)NC(=O)c1ccc(N)c([N+](=O)[O-])c1. The maximum atomic E-state index is 12.1. The van der Waals surface area contributed by atoms with Crippen LogP contribution in [0.2, 0.25) is 0 Å². The zero-order valence-corrected chi connectivity index (χ0v) is 11.6. The molecule has 1 amide bonds. The van der Waals surface area contributed by atoms with Gasteiger partial charge < -0.3 is 15.8 Å². The van der Waals surface area contributed by atoms with Crippen LogP contribution >= 0.6 is 0 Å². The number of carbonyl (C=O) groups is 1. The first-order valence-corrected chi connectivity index (χ1v) is 6.33. The summed E-state index contributed by atoms with van der Waals surface area (Å²) < 4.78 is 5.03. The van der Waals surface area contributed by atoms with Crippen molar-refractivity contribution in [2.75, 3.05) is 19.5 Å². The van der Waals surface area contributed by atoms with Gasteiger partial charge in [-0.05, 0) is 18.6 Å². The van der Waals surface area contributed by atoms with Crippen molar-refractivity contribution < 1.29 is 14.5 Å². The fourth-order valence-electron chi connectivity index (χ4n) is 1.86. The third-order valence-electron chi connectivity index (χ3n) is 2.83. The van der Waals surface area contributed by atoms with E-state index in [0.29, 0.717) is 6.61 Å². The van der Waals surface area contributed by atoms with Crippen LogP contribution in [0.1, 0.15) is 30.1 Å². The van der Waals surface area contributed by atoms with E-state index in [1.807, 2.05) is 6.92 Å². The molecule has 0 aliphatic carbocycles. The Bertz CT molecular complexity index is 485. The van der Waals surface area contributed by atoms with E-state index in [9.17, 15) is 14.9 Å². The van der Waals surface area contributed by atoms with Crippen LogP contribution in [-0.4, -0.2) is 30.6 Å². The van der Waals surface area contributed by atoms with Gasteiger partial charge in [-0.2, -0.15) is 0 Å². The lowest BCUT2D eigenvalue weighted by atomic mass is 10.1. The van der Waals surface area contributed by atoms with Gasteiger partial charge in [0.25, 0.3) is 11.6 Å². The molecule has 1 aromatic carbocycles. The molecule has 7 heteroatoms. The Morgan fingerprint density at radius 1 is 1.55 bits per heavy atom. The molecule has 1 atom stereocenters. The van der Waals surface area contributed by atoms with Crippen LogP contribution in [0.4, 0.5) is 11.4 Å². The van der Waals surface area contributed by atoms with Gasteiger partial charge in [0.05, 0.1) is 17.6 Å². The summed E-state index contributed by atoms with van der Waals surface area (Å²) in [5.41, 5.74) is 5.47. The first kappa shape index (κ1) is 15.9. The quantitative estimate of drug-likeness (QED) is 0.449. The van der Waals surface area contributed by atoms with Crippen LogP contribution in [-0.2, 0) is 4.74 Å². The minimum Gasteiger partial charge on any atom is -0.393 e. The van der Waals surface area contributed by atoms with Crippen LogP contribution < -0.4 is 11.1 Å². The summed E-state index contributed by atoms with van der Waals surface area (Å²) in [6, 6.07) is 3.89. The number of nitrogens with zero attached hydrogens (tertiary/aromatic N) is 1. The molecule has 7 nitrogen and oxygen atoms in total. The number of ether oxygens (including phenoxy) is 1. The number of methoxy groups -OCH3 is 1. The zero-order valence-electron chi connectivity index (χ0n) is 11.6. The number of anilines is 1. The Morgan fingerprint density at radius 3 is 2.80 bits per heavy atom. The van der Waals surface area contributed by atoms with E-state index in [2.05, 4.69) is 5.32 Å². The number of amides is 1. The van der Waals surface area contributed by atoms with Crippen LogP contribution in [0.15, 0.2) is 18.2 Å². The lowest BCUT2D eigenvalue weighted by molar-refractivity contribution is -0.383. The van der Waals surface area contributed by atoms with Gasteiger partial charge in [-0.3, -0.25) is 14.9 Å². The van der Waals surface area contributed by atoms with E-state index < -0.39 is 4.92 Å². The van der Waals surface area contributed by atoms with Crippen molar-refractivity contribution in [3.8, 4) is 0 Å². The fraction of sp³-hybridized carbons (Fsp3) is 0.462. The molecule has 0 fully saturated rings. The number of benzene rings is 1. The molecular weight excluding hydrogens is 262 g/mol. The van der Waals surface area contributed by atoms with Crippen molar-refractivity contribution in [2.24, 2.45) is 0 Å². The number of nitro benzene ring substituents is 1. The molecule has 0 saturated heterocycles. The average molecular weight is 281 g/mol. The maximum Gasteiger partial charge on any atom is 0.292 e. The van der Waals surface area contributed by atoms with Crippen molar-refractivity contribution in [2.45, 2.75) is 25.8 Å². The normalized spacial score (nSPS) is 11.9. The summed E-state index contributed by atoms with van der Waals surface area (Å²) in [5.74, 6) is -0.372. The van der Waals surface area contributed by atoms with Crippen molar-refractivity contribution in [3.63, 3.8) is 0 Å². The predicted molar refractivity (Wildman–Crippen MR) is 75.5 cm³/mol. The van der Waals surface area contributed by atoms with Gasteiger partial charge in [0.15, 0.2) is 0 Å². The third kappa shape index (κ3) is 4.20. The Labute approximate surface area is 117 Å². The molecular formula is C13H19N3O4. The topological polar surface area (TPSA) is 107 Å². The molecule has 1 rings (SSSR count). The molecule has 0 saturated carbocycles. The Balaban J connectivity index is 2.86. The highest BCUT2D eigenvalue weighted by atomic mass is 16.6. The lowest BCUT2D eigenvalue weighted by Crippen LogP contribution is -2.37. The Morgan fingerprint density at radius 2 is 2.25 bits per heavy atom. The summed E-state index contributed by atoms with van der Waals surface area (Å²) in [6.07, 6.45) is 1.67. The number of nitro groups is 1. The summed E-state index contributed by atoms with van der Waals surface area (Å²) in [6.45, 7) is 2.40. The van der Waals surface area contributed by atoms with Gasteiger partial charge in [-0.15, -0.1) is 0 Å². The van der Waals surface area contributed by atoms with E-state index in [0.717, 1.165) is 12.8 Å². The summed E-state index contributed by atoms with van der Waals surface area (Å²) >= 11 is 0. The van der Waals surface area contributed by atoms with E-state index in [1.54, 1.807) is 7.11 Å². The van der Waals surface area contributed by atoms with Gasteiger partial charge in [0.2, 0.25) is 0 Å². The van der Waals surface area contributed by atoms with Gasteiger partial charge in [-0.25, -0.2) is 0 Å². The summed E-state index contributed by atoms with van der Waals surface area (Å²) in [7, 11) is 1.56. The fourth-order valence-corrected chi connectivity index (χ4v) is 1.86. The number of rotatable bonds is 7. The van der Waals surface area contributed by atoms with Gasteiger partial charge >= 0.3 is 0 Å². The molecule has 20 heavy (non-hydrogen) atoms. The minimum absolute atomic E-state index is 0.0357. The second-order valence-electron chi connectivity index (χ2n) is 4.45.